The van der Waals surface area contributed by atoms with Crippen LogP contribution in [0.2, 0.25) is 0 Å². The van der Waals surface area contributed by atoms with Gasteiger partial charge in [0.15, 0.2) is 0 Å². The summed E-state index contributed by atoms with van der Waals surface area (Å²) >= 11 is 1.64. The van der Waals surface area contributed by atoms with E-state index in [0.717, 1.165) is 41.4 Å². The van der Waals surface area contributed by atoms with E-state index < -0.39 is 0 Å². The van der Waals surface area contributed by atoms with Gasteiger partial charge in [-0.2, -0.15) is 5.10 Å². The number of nitrogens with zero attached hydrogens (tertiary/aromatic N) is 3. The summed E-state index contributed by atoms with van der Waals surface area (Å²) in [4.78, 5) is 17.3. The van der Waals surface area contributed by atoms with E-state index in [1.165, 1.54) is 0 Å². The third-order valence-electron chi connectivity index (χ3n) is 4.39. The Kier molecular flexibility index (Phi) is 3.80. The lowest BCUT2D eigenvalue weighted by Crippen LogP contribution is -2.52. The summed E-state index contributed by atoms with van der Waals surface area (Å²) in [6.07, 6.45) is 3.07. The first-order chi connectivity index (χ1) is 10.4. The Morgan fingerprint density at radius 3 is 2.55 bits per heavy atom. The molecular formula is C16H22N4OS. The van der Waals surface area contributed by atoms with E-state index in [1.807, 2.05) is 39.1 Å². The fourth-order valence-electron chi connectivity index (χ4n) is 2.99. The van der Waals surface area contributed by atoms with Crippen molar-refractivity contribution in [3.05, 3.63) is 33.5 Å². The first kappa shape index (κ1) is 15.2. The minimum Gasteiger partial charge on any atom is -0.342 e. The van der Waals surface area contributed by atoms with Gasteiger partial charge >= 0.3 is 0 Å². The van der Waals surface area contributed by atoms with Crippen LogP contribution < -0.4 is 5.32 Å². The van der Waals surface area contributed by atoms with Crippen molar-refractivity contribution in [2.75, 3.05) is 0 Å². The third kappa shape index (κ3) is 2.56. The molecule has 1 amide bonds. The van der Waals surface area contributed by atoms with E-state index in [0.29, 0.717) is 0 Å². The number of carbonyl (C=O) groups excluding carboxylic acids is 1. The Morgan fingerprint density at radius 2 is 2.09 bits per heavy atom. The molecule has 6 heteroatoms. The van der Waals surface area contributed by atoms with Crippen molar-refractivity contribution in [1.82, 2.24) is 20.1 Å². The Morgan fingerprint density at radius 1 is 1.36 bits per heavy atom. The van der Waals surface area contributed by atoms with Crippen LogP contribution in [0, 0.1) is 20.8 Å². The molecule has 0 spiro atoms. The standard InChI is InChI=1S/C16H22N4OS/c1-10-8-12(3)20(19-10)13(4)14(21)18-16(6-5-7-16)15-17-11(2)9-22-15/h8-9,13H,5-7H2,1-4H3,(H,18,21). The summed E-state index contributed by atoms with van der Waals surface area (Å²) in [5.41, 5.74) is 2.70. The van der Waals surface area contributed by atoms with Gasteiger partial charge in [-0.15, -0.1) is 11.3 Å². The van der Waals surface area contributed by atoms with Gasteiger partial charge in [0.25, 0.3) is 0 Å². The van der Waals surface area contributed by atoms with E-state index >= 15 is 0 Å². The second-order valence-corrected chi connectivity index (χ2v) is 7.12. The smallest absolute Gasteiger partial charge is 0.245 e. The second kappa shape index (κ2) is 5.50. The van der Waals surface area contributed by atoms with E-state index in [9.17, 15) is 4.79 Å². The summed E-state index contributed by atoms with van der Waals surface area (Å²) < 4.78 is 1.80. The maximum absolute atomic E-state index is 12.7. The van der Waals surface area contributed by atoms with Crippen LogP contribution >= 0.6 is 11.3 Å². The summed E-state index contributed by atoms with van der Waals surface area (Å²) in [6, 6.07) is 1.68. The first-order valence-corrected chi connectivity index (χ1v) is 8.57. The zero-order valence-corrected chi connectivity index (χ0v) is 14.3. The lowest BCUT2D eigenvalue weighted by Gasteiger charge is -2.41. The lowest BCUT2D eigenvalue weighted by atomic mass is 9.77. The number of hydrogen-bond donors (Lipinski definition) is 1. The molecule has 2 aromatic heterocycles. The first-order valence-electron chi connectivity index (χ1n) is 7.69. The van der Waals surface area contributed by atoms with Gasteiger partial charge < -0.3 is 5.32 Å². The molecule has 1 unspecified atom stereocenters. The largest absolute Gasteiger partial charge is 0.342 e. The molecule has 3 rings (SSSR count). The predicted octanol–water partition coefficient (Wildman–Crippen LogP) is 3.02. The number of amides is 1. The molecule has 22 heavy (non-hydrogen) atoms. The molecule has 1 aliphatic carbocycles. The third-order valence-corrected chi connectivity index (χ3v) is 5.55. The predicted molar refractivity (Wildman–Crippen MR) is 86.9 cm³/mol. The minimum atomic E-state index is -0.313. The number of aryl methyl sites for hydroxylation is 3. The van der Waals surface area contributed by atoms with Crippen LogP contribution in [0.5, 0.6) is 0 Å². The molecule has 0 radical (unpaired) electrons. The highest BCUT2D eigenvalue weighted by molar-refractivity contribution is 7.09. The summed E-state index contributed by atoms with van der Waals surface area (Å²) in [6.45, 7) is 7.81. The van der Waals surface area contributed by atoms with E-state index in [4.69, 9.17) is 0 Å². The van der Waals surface area contributed by atoms with Gasteiger partial charge in [0.2, 0.25) is 5.91 Å². The average molecular weight is 318 g/mol. The van der Waals surface area contributed by atoms with Gasteiger partial charge in [-0.25, -0.2) is 4.98 Å². The summed E-state index contributed by atoms with van der Waals surface area (Å²) in [5, 5.41) is 10.7. The lowest BCUT2D eigenvalue weighted by molar-refractivity contribution is -0.127. The maximum atomic E-state index is 12.7. The zero-order chi connectivity index (χ0) is 15.9. The number of carbonyl (C=O) groups is 1. The van der Waals surface area contributed by atoms with Crippen molar-refractivity contribution in [2.24, 2.45) is 0 Å². The van der Waals surface area contributed by atoms with Crippen LogP contribution in [-0.4, -0.2) is 20.7 Å². The van der Waals surface area contributed by atoms with Gasteiger partial charge in [-0.1, -0.05) is 0 Å². The highest BCUT2D eigenvalue weighted by Gasteiger charge is 2.43. The Bertz CT molecular complexity index is 699. The van der Waals surface area contributed by atoms with E-state index in [2.05, 4.69) is 15.4 Å². The van der Waals surface area contributed by atoms with Crippen molar-refractivity contribution in [3.8, 4) is 0 Å². The SMILES string of the molecule is Cc1csc(C2(NC(=O)C(C)n3nc(C)cc3C)CCC2)n1. The van der Waals surface area contributed by atoms with Crippen molar-refractivity contribution in [3.63, 3.8) is 0 Å². The fourth-order valence-corrected chi connectivity index (χ4v) is 4.00. The Labute approximate surface area is 134 Å². The summed E-state index contributed by atoms with van der Waals surface area (Å²) in [5.74, 6) is 0.0127. The van der Waals surface area contributed by atoms with Gasteiger partial charge in [0.1, 0.15) is 11.0 Å². The average Bonchev–Trinajstić information content (AvgIpc) is 2.99. The van der Waals surface area contributed by atoms with Crippen molar-refractivity contribution in [1.29, 1.82) is 0 Å². The minimum absolute atomic E-state index is 0.0127. The number of rotatable bonds is 4. The highest BCUT2D eigenvalue weighted by atomic mass is 32.1. The molecule has 1 N–H and O–H groups in total. The van der Waals surface area contributed by atoms with Crippen LogP contribution in [0.3, 0.4) is 0 Å². The molecule has 0 aliphatic heterocycles. The molecule has 0 bridgehead atoms. The molecule has 118 valence electrons. The molecule has 2 aromatic rings. The highest BCUT2D eigenvalue weighted by Crippen LogP contribution is 2.42. The molecule has 2 heterocycles. The van der Waals surface area contributed by atoms with Crippen LogP contribution in [-0.2, 0) is 10.3 Å². The Hall–Kier alpha value is -1.69. The molecule has 0 saturated heterocycles. The van der Waals surface area contributed by atoms with Crippen LogP contribution in [0.15, 0.2) is 11.4 Å². The Balaban J connectivity index is 1.79. The van der Waals surface area contributed by atoms with Gasteiger partial charge in [-0.3, -0.25) is 9.48 Å². The molecule has 1 atom stereocenters. The van der Waals surface area contributed by atoms with Gasteiger partial charge in [0, 0.05) is 16.8 Å². The molecule has 1 saturated carbocycles. The van der Waals surface area contributed by atoms with Crippen molar-refractivity contribution in [2.45, 2.75) is 58.5 Å². The number of nitrogens with one attached hydrogen (secondary N) is 1. The monoisotopic (exact) mass is 318 g/mol. The van der Waals surface area contributed by atoms with Gasteiger partial charge in [0.05, 0.1) is 11.2 Å². The zero-order valence-electron chi connectivity index (χ0n) is 13.5. The van der Waals surface area contributed by atoms with Crippen LogP contribution in [0.4, 0.5) is 0 Å². The topological polar surface area (TPSA) is 59.8 Å². The normalized spacial score (nSPS) is 17.8. The van der Waals surface area contributed by atoms with E-state index in [-0.39, 0.29) is 17.5 Å². The molecule has 1 aliphatic rings. The quantitative estimate of drug-likeness (QED) is 0.942. The van der Waals surface area contributed by atoms with Crippen LogP contribution in [0.1, 0.15) is 54.3 Å². The number of hydrogen-bond acceptors (Lipinski definition) is 4. The molecule has 1 fully saturated rings. The fraction of sp³-hybridized carbons (Fsp3) is 0.562. The maximum Gasteiger partial charge on any atom is 0.245 e. The van der Waals surface area contributed by atoms with Gasteiger partial charge in [-0.05, 0) is 53.0 Å². The van der Waals surface area contributed by atoms with Crippen molar-refractivity contribution < 1.29 is 4.79 Å². The molecule has 0 aromatic carbocycles. The van der Waals surface area contributed by atoms with Crippen molar-refractivity contribution >= 4 is 17.2 Å². The van der Waals surface area contributed by atoms with E-state index in [1.54, 1.807) is 16.0 Å². The van der Waals surface area contributed by atoms with Crippen LogP contribution in [0.25, 0.3) is 0 Å². The summed E-state index contributed by atoms with van der Waals surface area (Å²) in [7, 11) is 0. The molecule has 5 nitrogen and oxygen atoms in total. The number of aromatic nitrogens is 3. The molecular weight excluding hydrogens is 296 g/mol. The second-order valence-electron chi connectivity index (χ2n) is 6.27. The number of thiazole rings is 1.